The number of carbonyl (C=O) groups is 1. The Morgan fingerprint density at radius 3 is 2.27 bits per heavy atom. The quantitative estimate of drug-likeness (QED) is 0.928. The van der Waals surface area contributed by atoms with E-state index in [2.05, 4.69) is 13.8 Å². The lowest BCUT2D eigenvalue weighted by Gasteiger charge is -2.13. The molecule has 0 atom stereocenters. The molecule has 0 saturated carbocycles. The number of rotatable bonds is 4. The van der Waals surface area contributed by atoms with Crippen molar-refractivity contribution in [3.63, 3.8) is 0 Å². The number of carboxylic acid groups (broad SMARTS) is 1. The Labute approximate surface area is 127 Å². The van der Waals surface area contributed by atoms with Crippen molar-refractivity contribution in [3.8, 4) is 5.69 Å². The lowest BCUT2D eigenvalue weighted by molar-refractivity contribution is -0.137. The molecule has 116 valence electrons. The molecule has 0 amide bonds. The van der Waals surface area contributed by atoms with Crippen LogP contribution in [0.2, 0.25) is 0 Å². The van der Waals surface area contributed by atoms with Crippen LogP contribution in [-0.2, 0) is 11.3 Å². The molecule has 6 heteroatoms. The van der Waals surface area contributed by atoms with Gasteiger partial charge in [-0.2, -0.15) is 0 Å². The Bertz CT molecular complexity index is 814. The van der Waals surface area contributed by atoms with Gasteiger partial charge >= 0.3 is 11.7 Å². The highest BCUT2D eigenvalue weighted by Crippen LogP contribution is 2.16. The number of benzene rings is 1. The summed E-state index contributed by atoms with van der Waals surface area (Å²) in [5.41, 5.74) is 0.943. The lowest BCUT2D eigenvalue weighted by Crippen LogP contribution is -2.41. The van der Waals surface area contributed by atoms with E-state index in [0.717, 1.165) is 5.56 Å². The maximum atomic E-state index is 12.4. The number of hydrogen-bond acceptors (Lipinski definition) is 3. The van der Waals surface area contributed by atoms with Crippen LogP contribution < -0.4 is 11.2 Å². The lowest BCUT2D eigenvalue weighted by atomic mass is 10.0. The number of aliphatic carboxylic acids is 1. The van der Waals surface area contributed by atoms with Crippen LogP contribution in [0, 0.1) is 6.92 Å². The van der Waals surface area contributed by atoms with Crippen molar-refractivity contribution in [2.24, 2.45) is 0 Å². The second-order valence-electron chi connectivity index (χ2n) is 5.47. The molecule has 1 aromatic heterocycles. The van der Waals surface area contributed by atoms with Crippen LogP contribution >= 0.6 is 0 Å². The highest BCUT2D eigenvalue weighted by Gasteiger charge is 2.13. The van der Waals surface area contributed by atoms with E-state index < -0.39 is 23.8 Å². The van der Waals surface area contributed by atoms with Gasteiger partial charge in [0.1, 0.15) is 6.54 Å². The van der Waals surface area contributed by atoms with Crippen LogP contribution in [0.15, 0.2) is 39.9 Å². The normalized spacial score (nSPS) is 10.9. The molecule has 1 heterocycles. The number of aromatic nitrogens is 2. The standard InChI is InChI=1S/C16H18N2O4/c1-10(2)12-4-6-13(7-5-12)18-11(3)8-14(19)17(16(18)22)9-15(20)21/h4-8,10H,9H2,1-3H3,(H,20,21). The molecule has 0 unspecified atom stereocenters. The number of carboxylic acids is 1. The highest BCUT2D eigenvalue weighted by atomic mass is 16.4. The van der Waals surface area contributed by atoms with Crippen LogP contribution in [0.25, 0.3) is 5.69 Å². The summed E-state index contributed by atoms with van der Waals surface area (Å²) in [4.78, 5) is 35.1. The van der Waals surface area contributed by atoms with Crippen LogP contribution in [0.3, 0.4) is 0 Å². The van der Waals surface area contributed by atoms with Gasteiger partial charge in [0.25, 0.3) is 5.56 Å². The van der Waals surface area contributed by atoms with Crippen LogP contribution in [0.5, 0.6) is 0 Å². The molecule has 1 aromatic carbocycles. The minimum atomic E-state index is -1.23. The highest BCUT2D eigenvalue weighted by molar-refractivity contribution is 5.66. The summed E-state index contributed by atoms with van der Waals surface area (Å²) >= 11 is 0. The van der Waals surface area contributed by atoms with E-state index in [0.29, 0.717) is 21.9 Å². The van der Waals surface area contributed by atoms with Gasteiger partial charge in [0.15, 0.2) is 0 Å². The predicted molar refractivity (Wildman–Crippen MR) is 82.8 cm³/mol. The summed E-state index contributed by atoms with van der Waals surface area (Å²) < 4.78 is 2.06. The first kappa shape index (κ1) is 15.8. The third-order valence-corrected chi connectivity index (χ3v) is 3.48. The van der Waals surface area contributed by atoms with E-state index >= 15 is 0 Å². The summed E-state index contributed by atoms with van der Waals surface area (Å²) in [5, 5.41) is 8.84. The Balaban J connectivity index is 2.62. The maximum Gasteiger partial charge on any atom is 0.336 e. The van der Waals surface area contributed by atoms with E-state index in [-0.39, 0.29) is 0 Å². The maximum absolute atomic E-state index is 12.4. The molecule has 0 spiro atoms. The average Bonchev–Trinajstić information content (AvgIpc) is 2.43. The van der Waals surface area contributed by atoms with Crippen molar-refractivity contribution in [1.82, 2.24) is 9.13 Å². The van der Waals surface area contributed by atoms with Crippen molar-refractivity contribution in [1.29, 1.82) is 0 Å². The second kappa shape index (κ2) is 6.01. The third-order valence-electron chi connectivity index (χ3n) is 3.48. The van der Waals surface area contributed by atoms with Crippen molar-refractivity contribution in [3.05, 3.63) is 62.4 Å². The predicted octanol–water partition coefficient (Wildman–Crippen LogP) is 1.52. The zero-order valence-electron chi connectivity index (χ0n) is 12.7. The van der Waals surface area contributed by atoms with E-state index in [1.165, 1.54) is 10.6 Å². The van der Waals surface area contributed by atoms with Crippen molar-refractivity contribution in [2.75, 3.05) is 0 Å². The molecule has 0 radical (unpaired) electrons. The second-order valence-corrected chi connectivity index (χ2v) is 5.47. The first-order valence-electron chi connectivity index (χ1n) is 6.97. The van der Waals surface area contributed by atoms with Crippen LogP contribution in [-0.4, -0.2) is 20.2 Å². The van der Waals surface area contributed by atoms with Gasteiger partial charge in [-0.1, -0.05) is 26.0 Å². The average molecular weight is 302 g/mol. The van der Waals surface area contributed by atoms with Gasteiger partial charge in [0.05, 0.1) is 5.69 Å². The van der Waals surface area contributed by atoms with Crippen LogP contribution in [0.4, 0.5) is 0 Å². The molecule has 0 bridgehead atoms. The van der Waals surface area contributed by atoms with Crippen molar-refractivity contribution in [2.45, 2.75) is 33.2 Å². The van der Waals surface area contributed by atoms with Gasteiger partial charge in [-0.05, 0) is 30.5 Å². The fraction of sp³-hybridized carbons (Fsp3) is 0.312. The molecule has 2 rings (SSSR count). The molecule has 0 aliphatic carbocycles. The summed E-state index contributed by atoms with van der Waals surface area (Å²) in [6.45, 7) is 5.13. The molecular weight excluding hydrogens is 284 g/mol. The number of hydrogen-bond donors (Lipinski definition) is 1. The van der Waals surface area contributed by atoms with Crippen molar-refractivity contribution >= 4 is 5.97 Å². The van der Waals surface area contributed by atoms with Gasteiger partial charge in [-0.3, -0.25) is 14.2 Å². The molecule has 6 nitrogen and oxygen atoms in total. The Hall–Kier alpha value is -2.63. The summed E-state index contributed by atoms with van der Waals surface area (Å²) in [5.74, 6) is -0.863. The van der Waals surface area contributed by atoms with E-state index in [9.17, 15) is 14.4 Å². The zero-order valence-corrected chi connectivity index (χ0v) is 12.7. The van der Waals surface area contributed by atoms with E-state index in [1.54, 1.807) is 19.1 Å². The summed E-state index contributed by atoms with van der Waals surface area (Å²) in [6.07, 6.45) is 0. The SMILES string of the molecule is Cc1cc(=O)n(CC(=O)O)c(=O)n1-c1ccc(C(C)C)cc1. The molecule has 2 aromatic rings. The van der Waals surface area contributed by atoms with E-state index in [1.807, 2.05) is 12.1 Å². The monoisotopic (exact) mass is 302 g/mol. The fourth-order valence-electron chi connectivity index (χ4n) is 2.29. The molecule has 0 aliphatic rings. The fourth-order valence-corrected chi connectivity index (χ4v) is 2.29. The molecule has 0 fully saturated rings. The van der Waals surface area contributed by atoms with Gasteiger partial charge in [-0.25, -0.2) is 9.36 Å². The summed E-state index contributed by atoms with van der Waals surface area (Å²) in [7, 11) is 0. The Morgan fingerprint density at radius 2 is 1.77 bits per heavy atom. The van der Waals surface area contributed by atoms with Gasteiger partial charge < -0.3 is 5.11 Å². The van der Waals surface area contributed by atoms with Gasteiger partial charge in [0, 0.05) is 11.8 Å². The van der Waals surface area contributed by atoms with Gasteiger partial charge in [-0.15, -0.1) is 0 Å². The minimum absolute atomic E-state index is 0.368. The molecule has 1 N–H and O–H groups in total. The first-order valence-corrected chi connectivity index (χ1v) is 6.97. The van der Waals surface area contributed by atoms with E-state index in [4.69, 9.17) is 5.11 Å². The third kappa shape index (κ3) is 3.00. The minimum Gasteiger partial charge on any atom is -0.480 e. The summed E-state index contributed by atoms with van der Waals surface area (Å²) in [6, 6.07) is 8.68. The number of aryl methyl sites for hydroxylation is 1. The van der Waals surface area contributed by atoms with Gasteiger partial charge in [0.2, 0.25) is 0 Å². The Morgan fingerprint density at radius 1 is 1.18 bits per heavy atom. The number of nitrogens with zero attached hydrogens (tertiary/aromatic N) is 2. The first-order chi connectivity index (χ1) is 10.3. The van der Waals surface area contributed by atoms with Crippen LogP contribution in [0.1, 0.15) is 31.0 Å². The molecule has 0 aliphatic heterocycles. The smallest absolute Gasteiger partial charge is 0.336 e. The largest absolute Gasteiger partial charge is 0.480 e. The Kier molecular flexibility index (Phi) is 4.30. The van der Waals surface area contributed by atoms with Crippen molar-refractivity contribution < 1.29 is 9.90 Å². The molecular formula is C16H18N2O4. The zero-order chi connectivity index (χ0) is 16.4. The molecule has 22 heavy (non-hydrogen) atoms. The molecule has 0 saturated heterocycles. The topological polar surface area (TPSA) is 81.3 Å².